The summed E-state index contributed by atoms with van der Waals surface area (Å²) >= 11 is 1.83. The molecule has 2 aliphatic rings. The highest BCUT2D eigenvalue weighted by atomic mass is 32.1. The second-order valence-electron chi connectivity index (χ2n) is 7.36. The summed E-state index contributed by atoms with van der Waals surface area (Å²) in [6.07, 6.45) is 6.58. The number of ether oxygens (including phenoxy) is 1. The Morgan fingerprint density at radius 2 is 2.46 bits per heavy atom. The lowest BCUT2D eigenvalue weighted by molar-refractivity contribution is -0.108. The fourth-order valence-corrected chi connectivity index (χ4v) is 4.81. The molecule has 5 heteroatoms. The fourth-order valence-electron chi connectivity index (χ4n) is 3.78. The maximum Gasteiger partial charge on any atom is 0.174 e. The molecule has 4 nitrogen and oxygen atoms in total. The minimum atomic E-state index is 0.448. The molecule has 1 fully saturated rings. The van der Waals surface area contributed by atoms with Gasteiger partial charge in [-0.25, -0.2) is 0 Å². The van der Waals surface area contributed by atoms with Crippen molar-refractivity contribution >= 4 is 17.6 Å². The summed E-state index contributed by atoms with van der Waals surface area (Å²) in [5.41, 5.74) is 1.43. The molecule has 0 radical (unpaired) electrons. The quantitative estimate of drug-likeness (QED) is 0.549. The van der Waals surface area contributed by atoms with Crippen LogP contribution in [-0.2, 0) is 17.8 Å². The molecule has 3 heterocycles. The first-order chi connectivity index (χ1) is 11.7. The maximum absolute atomic E-state index is 10.6. The van der Waals surface area contributed by atoms with E-state index in [0.717, 1.165) is 56.4 Å². The number of nitrogens with one attached hydrogen (secondary N) is 1. The number of rotatable bonds is 9. The van der Waals surface area contributed by atoms with E-state index in [1.807, 2.05) is 11.3 Å². The summed E-state index contributed by atoms with van der Waals surface area (Å²) in [7, 11) is 0. The van der Waals surface area contributed by atoms with Crippen LogP contribution in [0.5, 0.6) is 5.06 Å². The van der Waals surface area contributed by atoms with Crippen LogP contribution < -0.4 is 10.1 Å². The van der Waals surface area contributed by atoms with E-state index >= 15 is 0 Å². The van der Waals surface area contributed by atoms with Crippen molar-refractivity contribution in [1.82, 2.24) is 10.2 Å². The number of fused-ring (bicyclic) bond motifs is 1. The first-order valence-corrected chi connectivity index (χ1v) is 10.2. The van der Waals surface area contributed by atoms with Crippen molar-refractivity contribution in [1.29, 1.82) is 0 Å². The number of carbonyl (C=O) groups excluding carboxylic acids is 1. The van der Waals surface area contributed by atoms with Crippen LogP contribution in [0, 0.1) is 11.8 Å². The summed E-state index contributed by atoms with van der Waals surface area (Å²) in [6.45, 7) is 8.50. The van der Waals surface area contributed by atoms with Gasteiger partial charge < -0.3 is 14.8 Å². The van der Waals surface area contributed by atoms with Crippen LogP contribution in [0.15, 0.2) is 6.07 Å². The second kappa shape index (κ2) is 8.97. The number of hydrogen-bond acceptors (Lipinski definition) is 5. The van der Waals surface area contributed by atoms with Crippen molar-refractivity contribution in [3.05, 3.63) is 16.5 Å². The standard InChI is InChI=1S/C19H30N2O2S/c1-15(6-9-22)13-21-8-5-18-17(14-21)11-19(24-18)23-10-2-3-16-4-7-20-12-16/h9,11,15-16,20H,2-8,10,12-14H2,1H3. The van der Waals surface area contributed by atoms with Gasteiger partial charge >= 0.3 is 0 Å². The van der Waals surface area contributed by atoms with Crippen LogP contribution >= 0.6 is 11.3 Å². The third-order valence-corrected chi connectivity index (χ3v) is 6.30. The van der Waals surface area contributed by atoms with Crippen molar-refractivity contribution < 1.29 is 9.53 Å². The summed E-state index contributed by atoms with van der Waals surface area (Å²) in [4.78, 5) is 14.6. The smallest absolute Gasteiger partial charge is 0.174 e. The summed E-state index contributed by atoms with van der Waals surface area (Å²) in [5, 5.41) is 4.52. The van der Waals surface area contributed by atoms with E-state index in [2.05, 4.69) is 23.2 Å². The summed E-state index contributed by atoms with van der Waals surface area (Å²) in [6, 6.07) is 2.24. The van der Waals surface area contributed by atoms with E-state index in [-0.39, 0.29) is 0 Å². The lowest BCUT2D eigenvalue weighted by Crippen LogP contribution is -2.33. The highest BCUT2D eigenvalue weighted by Gasteiger charge is 2.21. The van der Waals surface area contributed by atoms with Gasteiger partial charge in [-0.3, -0.25) is 4.90 Å². The van der Waals surface area contributed by atoms with Crippen molar-refractivity contribution in [3.63, 3.8) is 0 Å². The molecular weight excluding hydrogens is 320 g/mol. The zero-order valence-corrected chi connectivity index (χ0v) is 15.6. The lowest BCUT2D eigenvalue weighted by Gasteiger charge is -2.28. The molecule has 1 aromatic heterocycles. The van der Waals surface area contributed by atoms with Gasteiger partial charge in [0.2, 0.25) is 0 Å². The van der Waals surface area contributed by atoms with Gasteiger partial charge in [0, 0.05) is 30.9 Å². The van der Waals surface area contributed by atoms with Crippen LogP contribution in [-0.4, -0.2) is 44.0 Å². The monoisotopic (exact) mass is 350 g/mol. The van der Waals surface area contributed by atoms with Crippen molar-refractivity contribution in [3.8, 4) is 5.06 Å². The molecular formula is C19H30N2O2S. The highest BCUT2D eigenvalue weighted by molar-refractivity contribution is 7.14. The number of thiophene rings is 1. The predicted octanol–water partition coefficient (Wildman–Crippen LogP) is 3.10. The van der Waals surface area contributed by atoms with E-state index in [1.54, 1.807) is 0 Å². The molecule has 2 unspecified atom stereocenters. The molecule has 3 rings (SSSR count). The van der Waals surface area contributed by atoms with E-state index in [9.17, 15) is 4.79 Å². The van der Waals surface area contributed by atoms with Crippen LogP contribution in [0.3, 0.4) is 0 Å². The summed E-state index contributed by atoms with van der Waals surface area (Å²) < 4.78 is 6.01. The normalized spacial score (nSPS) is 22.3. The minimum absolute atomic E-state index is 0.448. The zero-order valence-electron chi connectivity index (χ0n) is 14.8. The fraction of sp³-hybridized carbons (Fsp3) is 0.737. The Morgan fingerprint density at radius 1 is 1.54 bits per heavy atom. The highest BCUT2D eigenvalue weighted by Crippen LogP contribution is 2.33. The van der Waals surface area contributed by atoms with Crippen LogP contribution in [0.25, 0.3) is 0 Å². The first kappa shape index (κ1) is 17.9. The molecule has 0 bridgehead atoms. The van der Waals surface area contributed by atoms with Gasteiger partial charge in [0.1, 0.15) is 6.29 Å². The number of hydrogen-bond donors (Lipinski definition) is 1. The van der Waals surface area contributed by atoms with Crippen molar-refractivity contribution in [2.24, 2.45) is 11.8 Å². The number of aldehydes is 1. The Balaban J connectivity index is 1.41. The minimum Gasteiger partial charge on any atom is -0.484 e. The largest absolute Gasteiger partial charge is 0.484 e. The summed E-state index contributed by atoms with van der Waals surface area (Å²) in [5.74, 6) is 1.30. The molecule has 134 valence electrons. The molecule has 24 heavy (non-hydrogen) atoms. The Labute approximate surface area is 149 Å². The van der Waals surface area contributed by atoms with Crippen LogP contribution in [0.4, 0.5) is 0 Å². The van der Waals surface area contributed by atoms with Crippen LogP contribution in [0.1, 0.15) is 43.0 Å². The average Bonchev–Trinajstić information content (AvgIpc) is 3.20. The van der Waals surface area contributed by atoms with E-state index < -0.39 is 0 Å². The third kappa shape index (κ3) is 5.04. The van der Waals surface area contributed by atoms with Crippen LogP contribution in [0.2, 0.25) is 0 Å². The van der Waals surface area contributed by atoms with Gasteiger partial charge in [0.15, 0.2) is 5.06 Å². The molecule has 0 aliphatic carbocycles. The molecule has 0 saturated carbocycles. The average molecular weight is 351 g/mol. The van der Waals surface area contributed by atoms with Gasteiger partial charge in [-0.1, -0.05) is 6.92 Å². The van der Waals surface area contributed by atoms with E-state index in [1.165, 1.54) is 36.4 Å². The molecule has 0 amide bonds. The van der Waals surface area contributed by atoms with Crippen molar-refractivity contribution in [2.45, 2.75) is 45.6 Å². The number of nitrogens with zero attached hydrogens (tertiary/aromatic N) is 1. The van der Waals surface area contributed by atoms with E-state index in [4.69, 9.17) is 4.74 Å². The Kier molecular flexibility index (Phi) is 6.69. The Morgan fingerprint density at radius 3 is 3.25 bits per heavy atom. The molecule has 1 saturated heterocycles. The molecule has 2 atom stereocenters. The van der Waals surface area contributed by atoms with Gasteiger partial charge in [0.05, 0.1) is 6.61 Å². The topological polar surface area (TPSA) is 41.6 Å². The second-order valence-corrected chi connectivity index (χ2v) is 8.46. The van der Waals surface area contributed by atoms with Crippen molar-refractivity contribution in [2.75, 3.05) is 32.8 Å². The molecule has 1 N–H and O–H groups in total. The zero-order chi connectivity index (χ0) is 16.8. The molecule has 0 spiro atoms. The van der Waals surface area contributed by atoms with Gasteiger partial charge in [-0.2, -0.15) is 0 Å². The lowest BCUT2D eigenvalue weighted by atomic mass is 10.0. The SMILES string of the molecule is CC(CC=O)CN1CCc2sc(OCCCC3CCNC3)cc2C1. The number of carbonyl (C=O) groups is 1. The Hall–Kier alpha value is -0.910. The van der Waals surface area contributed by atoms with Gasteiger partial charge in [-0.15, -0.1) is 11.3 Å². The molecule has 2 aliphatic heterocycles. The molecule has 1 aromatic rings. The third-order valence-electron chi connectivity index (χ3n) is 5.15. The molecule has 0 aromatic carbocycles. The first-order valence-electron chi connectivity index (χ1n) is 9.35. The van der Waals surface area contributed by atoms with E-state index in [0.29, 0.717) is 12.3 Å². The van der Waals surface area contributed by atoms with Gasteiger partial charge in [0.25, 0.3) is 0 Å². The predicted molar refractivity (Wildman–Crippen MR) is 98.9 cm³/mol. The van der Waals surface area contributed by atoms with Gasteiger partial charge in [-0.05, 0) is 62.2 Å². The Bertz CT molecular complexity index is 525. The maximum atomic E-state index is 10.6.